The first-order valence-electron chi connectivity index (χ1n) is 8.40. The summed E-state index contributed by atoms with van der Waals surface area (Å²) in [6.07, 6.45) is 0.796. The smallest absolute Gasteiger partial charge is 0.243 e. The second kappa shape index (κ2) is 5.91. The van der Waals surface area contributed by atoms with Crippen molar-refractivity contribution < 1.29 is 14.2 Å². The fraction of sp³-hybridized carbons (Fsp3) is 0.278. The summed E-state index contributed by atoms with van der Waals surface area (Å²) in [6.45, 7) is 0.265. The lowest BCUT2D eigenvalue weighted by atomic mass is 9.93. The molecule has 8 heteroatoms. The summed E-state index contributed by atoms with van der Waals surface area (Å²) in [5.41, 5.74) is 2.21. The lowest BCUT2D eigenvalue weighted by Gasteiger charge is -2.31. The highest BCUT2D eigenvalue weighted by molar-refractivity contribution is 5.47. The minimum atomic E-state index is 0.00627. The van der Waals surface area contributed by atoms with Crippen molar-refractivity contribution in [2.45, 2.75) is 18.5 Å². The summed E-state index contributed by atoms with van der Waals surface area (Å²) in [5.74, 6) is 3.01. The Kier molecular flexibility index (Phi) is 3.41. The van der Waals surface area contributed by atoms with Crippen molar-refractivity contribution in [3.05, 3.63) is 53.6 Å². The van der Waals surface area contributed by atoms with Crippen LogP contribution < -0.4 is 19.5 Å². The van der Waals surface area contributed by atoms with Crippen LogP contribution in [0.1, 0.15) is 29.6 Å². The molecule has 2 aliphatic rings. The maximum atomic E-state index is 5.51. The number of fused-ring (bicyclic) bond motifs is 2. The van der Waals surface area contributed by atoms with Crippen LogP contribution in [0.3, 0.4) is 0 Å². The number of benzene rings is 2. The van der Waals surface area contributed by atoms with Gasteiger partial charge in [-0.2, -0.15) is 0 Å². The Morgan fingerprint density at radius 1 is 1.12 bits per heavy atom. The van der Waals surface area contributed by atoms with Gasteiger partial charge in [0.15, 0.2) is 11.5 Å². The van der Waals surface area contributed by atoms with Gasteiger partial charge in [0, 0.05) is 0 Å². The highest BCUT2D eigenvalue weighted by Crippen LogP contribution is 2.41. The van der Waals surface area contributed by atoms with Gasteiger partial charge in [-0.3, -0.25) is 0 Å². The Hall–Kier alpha value is -3.29. The fourth-order valence-electron chi connectivity index (χ4n) is 3.51. The molecule has 0 amide bonds. The molecule has 3 heterocycles. The minimum absolute atomic E-state index is 0.00627. The topological polar surface area (TPSA) is 83.3 Å². The Morgan fingerprint density at radius 3 is 2.96 bits per heavy atom. The van der Waals surface area contributed by atoms with E-state index in [0.717, 1.165) is 34.8 Å². The summed E-state index contributed by atoms with van der Waals surface area (Å²) in [6, 6.07) is 14.1. The van der Waals surface area contributed by atoms with E-state index in [9.17, 15) is 0 Å². The third kappa shape index (κ3) is 2.42. The average Bonchev–Trinajstić information content (AvgIpc) is 3.35. The van der Waals surface area contributed by atoms with E-state index >= 15 is 0 Å². The quantitative estimate of drug-likeness (QED) is 0.776. The number of tetrazole rings is 1. The molecule has 26 heavy (non-hydrogen) atoms. The van der Waals surface area contributed by atoms with Crippen LogP contribution in [0.4, 0.5) is 5.95 Å². The van der Waals surface area contributed by atoms with Crippen LogP contribution in [0.25, 0.3) is 0 Å². The van der Waals surface area contributed by atoms with Crippen LogP contribution >= 0.6 is 0 Å². The van der Waals surface area contributed by atoms with Crippen molar-refractivity contribution >= 4 is 5.95 Å². The molecule has 132 valence electrons. The molecule has 0 saturated heterocycles. The molecule has 2 aromatic carbocycles. The lowest BCUT2D eigenvalue weighted by molar-refractivity contribution is 0.174. The number of aromatic nitrogens is 4. The maximum Gasteiger partial charge on any atom is 0.243 e. The van der Waals surface area contributed by atoms with Crippen molar-refractivity contribution in [3.63, 3.8) is 0 Å². The van der Waals surface area contributed by atoms with Crippen LogP contribution in [0.15, 0.2) is 42.5 Å². The highest BCUT2D eigenvalue weighted by Gasteiger charge is 2.31. The van der Waals surface area contributed by atoms with Crippen LogP contribution in [-0.2, 0) is 0 Å². The van der Waals surface area contributed by atoms with E-state index in [1.165, 1.54) is 0 Å². The molecule has 3 aromatic rings. The van der Waals surface area contributed by atoms with Gasteiger partial charge >= 0.3 is 0 Å². The number of anilines is 1. The van der Waals surface area contributed by atoms with E-state index in [1.807, 2.05) is 41.1 Å². The van der Waals surface area contributed by atoms with Gasteiger partial charge in [-0.25, -0.2) is 4.68 Å². The predicted octanol–water partition coefficient (Wildman–Crippen LogP) is 2.56. The first kappa shape index (κ1) is 15.0. The Balaban J connectivity index is 1.52. The SMILES string of the molecule is COc1cccc([C@H]2C[C@@H](c3ccc4c(c3)OCO4)Nc3nnnn32)c1. The molecule has 0 bridgehead atoms. The van der Waals surface area contributed by atoms with Crippen molar-refractivity contribution in [3.8, 4) is 17.2 Å². The maximum absolute atomic E-state index is 5.51. The van der Waals surface area contributed by atoms with Crippen molar-refractivity contribution in [2.24, 2.45) is 0 Å². The summed E-state index contributed by atoms with van der Waals surface area (Å²) < 4.78 is 18.1. The fourth-order valence-corrected chi connectivity index (χ4v) is 3.51. The summed E-state index contributed by atoms with van der Waals surface area (Å²) in [5, 5.41) is 15.5. The second-order valence-corrected chi connectivity index (χ2v) is 6.28. The van der Waals surface area contributed by atoms with Gasteiger partial charge in [0.05, 0.1) is 19.2 Å². The number of methoxy groups -OCH3 is 1. The molecule has 2 atom stereocenters. The number of hydrogen-bond acceptors (Lipinski definition) is 7. The summed E-state index contributed by atoms with van der Waals surface area (Å²) in [7, 11) is 1.67. The van der Waals surface area contributed by atoms with Crippen LogP contribution in [0.5, 0.6) is 17.2 Å². The average molecular weight is 351 g/mol. The van der Waals surface area contributed by atoms with Gasteiger partial charge < -0.3 is 19.5 Å². The van der Waals surface area contributed by atoms with E-state index < -0.39 is 0 Å². The monoisotopic (exact) mass is 351 g/mol. The minimum Gasteiger partial charge on any atom is -0.497 e. The molecule has 1 aromatic heterocycles. The third-order valence-corrected chi connectivity index (χ3v) is 4.83. The molecule has 0 fully saturated rings. The van der Waals surface area contributed by atoms with Gasteiger partial charge in [0.25, 0.3) is 0 Å². The zero-order valence-electron chi connectivity index (χ0n) is 14.1. The number of rotatable bonds is 3. The van der Waals surface area contributed by atoms with E-state index in [1.54, 1.807) is 7.11 Å². The summed E-state index contributed by atoms with van der Waals surface area (Å²) >= 11 is 0. The molecule has 5 rings (SSSR count). The molecule has 0 saturated carbocycles. The number of nitrogens with one attached hydrogen (secondary N) is 1. The Labute approximate surface area is 149 Å². The van der Waals surface area contributed by atoms with E-state index in [0.29, 0.717) is 5.95 Å². The van der Waals surface area contributed by atoms with Crippen LogP contribution in [-0.4, -0.2) is 34.1 Å². The molecular formula is C18H17N5O3. The van der Waals surface area contributed by atoms with Crippen molar-refractivity contribution in [2.75, 3.05) is 19.2 Å². The lowest BCUT2D eigenvalue weighted by Crippen LogP contribution is -2.28. The third-order valence-electron chi connectivity index (χ3n) is 4.83. The van der Waals surface area contributed by atoms with Crippen molar-refractivity contribution in [1.82, 2.24) is 20.2 Å². The summed E-state index contributed by atoms with van der Waals surface area (Å²) in [4.78, 5) is 0. The van der Waals surface area contributed by atoms with Gasteiger partial charge in [0.2, 0.25) is 12.7 Å². The first-order valence-corrected chi connectivity index (χ1v) is 8.40. The highest BCUT2D eigenvalue weighted by atomic mass is 16.7. The predicted molar refractivity (Wildman–Crippen MR) is 92.5 cm³/mol. The Morgan fingerprint density at radius 2 is 2.04 bits per heavy atom. The standard InChI is InChI=1S/C18H17N5O3/c1-24-13-4-2-3-12(7-13)15-9-14(19-18-20-21-22-23(15)18)11-5-6-16-17(8-11)26-10-25-16/h2-8,14-15H,9-10H2,1H3,(H,19,20,22)/t14-,15+/m0/s1. The second-order valence-electron chi connectivity index (χ2n) is 6.28. The van der Waals surface area contributed by atoms with E-state index in [2.05, 4.69) is 26.9 Å². The molecular weight excluding hydrogens is 334 g/mol. The molecule has 1 N–H and O–H groups in total. The van der Waals surface area contributed by atoms with Crippen LogP contribution in [0, 0.1) is 0 Å². The molecule has 0 radical (unpaired) electrons. The largest absolute Gasteiger partial charge is 0.497 e. The zero-order valence-corrected chi connectivity index (χ0v) is 14.1. The molecule has 0 unspecified atom stereocenters. The molecule has 8 nitrogen and oxygen atoms in total. The molecule has 0 aliphatic carbocycles. The molecule has 2 aliphatic heterocycles. The first-order chi connectivity index (χ1) is 12.8. The van der Waals surface area contributed by atoms with Gasteiger partial charge in [-0.15, -0.1) is 0 Å². The normalized spacial score (nSPS) is 20.3. The zero-order chi connectivity index (χ0) is 17.5. The van der Waals surface area contributed by atoms with Gasteiger partial charge in [-0.05, 0) is 52.2 Å². The van der Waals surface area contributed by atoms with Gasteiger partial charge in [-0.1, -0.05) is 23.3 Å². The number of nitrogens with zero attached hydrogens (tertiary/aromatic N) is 4. The van der Waals surface area contributed by atoms with Crippen molar-refractivity contribution in [1.29, 1.82) is 0 Å². The van der Waals surface area contributed by atoms with E-state index in [-0.39, 0.29) is 18.9 Å². The van der Waals surface area contributed by atoms with E-state index in [4.69, 9.17) is 14.2 Å². The van der Waals surface area contributed by atoms with Gasteiger partial charge in [0.1, 0.15) is 5.75 Å². The Bertz CT molecular complexity index is 958. The molecule has 0 spiro atoms. The number of ether oxygens (including phenoxy) is 3. The van der Waals surface area contributed by atoms with Crippen LogP contribution in [0.2, 0.25) is 0 Å². The number of hydrogen-bond donors (Lipinski definition) is 1.